The molecule has 0 bridgehead atoms. The molecule has 0 fully saturated rings. The highest BCUT2D eigenvalue weighted by atomic mass is 16.3. The molecule has 0 aliphatic carbocycles. The van der Waals surface area contributed by atoms with Gasteiger partial charge in [-0.15, -0.1) is 0 Å². The van der Waals surface area contributed by atoms with Crippen molar-refractivity contribution in [2.75, 3.05) is 0 Å². The summed E-state index contributed by atoms with van der Waals surface area (Å²) in [5.74, 6) is 0. The Bertz CT molecular complexity index is 955. The second-order valence-electron chi connectivity index (χ2n) is 5.26. The first-order chi connectivity index (χ1) is 10.2. The van der Waals surface area contributed by atoms with Crippen molar-refractivity contribution in [1.82, 2.24) is 9.97 Å². The first-order valence-corrected chi connectivity index (χ1v) is 6.95. The van der Waals surface area contributed by atoms with Crippen LogP contribution in [0.2, 0.25) is 0 Å². The van der Waals surface area contributed by atoms with Gasteiger partial charge in [0.25, 0.3) is 0 Å². The van der Waals surface area contributed by atoms with E-state index in [0.29, 0.717) is 5.71 Å². The van der Waals surface area contributed by atoms with Crippen molar-refractivity contribution in [3.05, 3.63) is 59.9 Å². The van der Waals surface area contributed by atoms with Gasteiger partial charge in [0.1, 0.15) is 5.58 Å². The summed E-state index contributed by atoms with van der Waals surface area (Å²) >= 11 is 0. The molecule has 0 amide bonds. The second-order valence-corrected chi connectivity index (χ2v) is 5.26. The molecule has 0 aliphatic rings. The third-order valence-electron chi connectivity index (χ3n) is 3.78. The maximum atomic E-state index is 6.05. The van der Waals surface area contributed by atoms with Crippen LogP contribution < -0.4 is 0 Å². The lowest BCUT2D eigenvalue weighted by atomic mass is 10.0. The fourth-order valence-corrected chi connectivity index (χ4v) is 2.74. The van der Waals surface area contributed by atoms with Gasteiger partial charge in [-0.25, -0.2) is 4.98 Å². The molecule has 3 heterocycles. The molecule has 0 unspecified atom stereocenters. The number of benzene rings is 1. The van der Waals surface area contributed by atoms with Crippen LogP contribution in [0.4, 0.5) is 0 Å². The van der Waals surface area contributed by atoms with E-state index in [4.69, 9.17) is 4.42 Å². The molecule has 0 saturated carbocycles. The van der Waals surface area contributed by atoms with Gasteiger partial charge in [-0.2, -0.15) is 0 Å². The topological polar surface area (TPSA) is 38.9 Å². The van der Waals surface area contributed by atoms with Crippen LogP contribution in [0.15, 0.2) is 53.1 Å². The molecule has 0 saturated heterocycles. The van der Waals surface area contributed by atoms with Gasteiger partial charge in [-0.1, -0.05) is 18.2 Å². The number of furan rings is 1. The first-order valence-electron chi connectivity index (χ1n) is 6.95. The molecular weight excluding hydrogens is 260 g/mol. The van der Waals surface area contributed by atoms with E-state index >= 15 is 0 Å². The Morgan fingerprint density at radius 3 is 2.57 bits per heavy atom. The lowest BCUT2D eigenvalue weighted by Crippen LogP contribution is -1.86. The summed E-state index contributed by atoms with van der Waals surface area (Å²) in [6.07, 6.45) is 1.80. The van der Waals surface area contributed by atoms with E-state index in [9.17, 15) is 0 Å². The molecule has 4 aromatic rings. The van der Waals surface area contributed by atoms with Gasteiger partial charge >= 0.3 is 0 Å². The van der Waals surface area contributed by atoms with E-state index in [1.165, 1.54) is 0 Å². The van der Waals surface area contributed by atoms with Crippen LogP contribution in [0.3, 0.4) is 0 Å². The number of nitrogens with zero attached hydrogens (tertiary/aromatic N) is 2. The fourth-order valence-electron chi connectivity index (χ4n) is 2.74. The SMILES string of the molecule is Cc1ccc2c(n1)oc1c(-c3ccccn3)c(C)ccc12. The van der Waals surface area contributed by atoms with E-state index in [1.54, 1.807) is 6.20 Å². The van der Waals surface area contributed by atoms with E-state index in [2.05, 4.69) is 35.1 Å². The summed E-state index contributed by atoms with van der Waals surface area (Å²) in [6.45, 7) is 4.05. The van der Waals surface area contributed by atoms with E-state index in [-0.39, 0.29) is 0 Å². The molecule has 0 atom stereocenters. The Hall–Kier alpha value is -2.68. The summed E-state index contributed by atoms with van der Waals surface area (Å²) in [7, 11) is 0. The highest BCUT2D eigenvalue weighted by molar-refractivity contribution is 6.08. The zero-order chi connectivity index (χ0) is 14.4. The number of fused-ring (bicyclic) bond motifs is 3. The molecule has 0 aliphatic heterocycles. The Balaban J connectivity index is 2.15. The average molecular weight is 274 g/mol. The molecule has 0 spiro atoms. The van der Waals surface area contributed by atoms with Gasteiger partial charge in [0, 0.05) is 28.2 Å². The zero-order valence-electron chi connectivity index (χ0n) is 11.9. The van der Waals surface area contributed by atoms with Crippen molar-refractivity contribution >= 4 is 22.1 Å². The molecule has 102 valence electrons. The number of pyridine rings is 2. The third-order valence-corrected chi connectivity index (χ3v) is 3.78. The standard InChI is InChI=1S/C18H14N2O/c1-11-6-8-13-14-9-7-12(2)20-18(14)21-17(13)16(11)15-5-3-4-10-19-15/h3-10H,1-2H3. The third kappa shape index (κ3) is 1.82. The minimum atomic E-state index is 0.688. The maximum absolute atomic E-state index is 6.05. The Labute approximate surface area is 122 Å². The summed E-state index contributed by atoms with van der Waals surface area (Å²) in [6, 6.07) is 14.2. The number of aryl methyl sites for hydroxylation is 2. The monoisotopic (exact) mass is 274 g/mol. The van der Waals surface area contributed by atoms with Crippen LogP contribution >= 0.6 is 0 Å². The van der Waals surface area contributed by atoms with Crippen molar-refractivity contribution in [2.45, 2.75) is 13.8 Å². The minimum absolute atomic E-state index is 0.688. The van der Waals surface area contributed by atoms with Crippen LogP contribution in [0.25, 0.3) is 33.3 Å². The predicted molar refractivity (Wildman–Crippen MR) is 84.2 cm³/mol. The number of rotatable bonds is 1. The summed E-state index contributed by atoms with van der Waals surface area (Å²) in [5, 5.41) is 2.14. The normalized spacial score (nSPS) is 11.3. The van der Waals surface area contributed by atoms with E-state index in [1.807, 2.05) is 31.2 Å². The van der Waals surface area contributed by atoms with Crippen molar-refractivity contribution in [2.24, 2.45) is 0 Å². The van der Waals surface area contributed by atoms with Crippen molar-refractivity contribution in [3.63, 3.8) is 0 Å². The van der Waals surface area contributed by atoms with Gasteiger partial charge in [-0.3, -0.25) is 4.98 Å². The number of aromatic nitrogens is 2. The quantitative estimate of drug-likeness (QED) is 0.506. The largest absolute Gasteiger partial charge is 0.437 e. The summed E-state index contributed by atoms with van der Waals surface area (Å²) < 4.78 is 6.05. The van der Waals surface area contributed by atoms with Gasteiger partial charge in [-0.05, 0) is 43.7 Å². The molecule has 0 N–H and O–H groups in total. The summed E-state index contributed by atoms with van der Waals surface area (Å²) in [4.78, 5) is 8.96. The van der Waals surface area contributed by atoms with Crippen LogP contribution in [0.1, 0.15) is 11.3 Å². The Morgan fingerprint density at radius 1 is 0.905 bits per heavy atom. The van der Waals surface area contributed by atoms with Crippen LogP contribution in [-0.4, -0.2) is 9.97 Å². The van der Waals surface area contributed by atoms with Crippen LogP contribution in [-0.2, 0) is 0 Å². The van der Waals surface area contributed by atoms with Gasteiger partial charge in [0.05, 0.1) is 5.69 Å². The van der Waals surface area contributed by atoms with E-state index in [0.717, 1.165) is 38.9 Å². The number of hydrogen-bond donors (Lipinski definition) is 0. The molecule has 3 nitrogen and oxygen atoms in total. The molecular formula is C18H14N2O. The first kappa shape index (κ1) is 12.1. The van der Waals surface area contributed by atoms with Crippen LogP contribution in [0, 0.1) is 13.8 Å². The average Bonchev–Trinajstić information content (AvgIpc) is 2.85. The summed E-state index contributed by atoms with van der Waals surface area (Å²) in [5.41, 5.74) is 5.63. The fraction of sp³-hybridized carbons (Fsp3) is 0.111. The zero-order valence-corrected chi connectivity index (χ0v) is 11.9. The van der Waals surface area contributed by atoms with Crippen molar-refractivity contribution < 1.29 is 4.42 Å². The maximum Gasteiger partial charge on any atom is 0.227 e. The van der Waals surface area contributed by atoms with Gasteiger partial charge in [0.15, 0.2) is 0 Å². The minimum Gasteiger partial charge on any atom is -0.437 e. The van der Waals surface area contributed by atoms with Gasteiger partial charge < -0.3 is 4.42 Å². The van der Waals surface area contributed by atoms with Crippen molar-refractivity contribution in [3.8, 4) is 11.3 Å². The van der Waals surface area contributed by atoms with Gasteiger partial charge in [0.2, 0.25) is 5.71 Å². The number of hydrogen-bond acceptors (Lipinski definition) is 3. The predicted octanol–water partition coefficient (Wildman–Crippen LogP) is 4.66. The molecule has 0 radical (unpaired) electrons. The highest BCUT2D eigenvalue weighted by Gasteiger charge is 2.15. The molecule has 1 aromatic carbocycles. The lowest BCUT2D eigenvalue weighted by molar-refractivity contribution is 0.653. The molecule has 21 heavy (non-hydrogen) atoms. The van der Waals surface area contributed by atoms with Crippen LogP contribution in [0.5, 0.6) is 0 Å². The lowest BCUT2D eigenvalue weighted by Gasteiger charge is -2.05. The Kier molecular flexibility index (Phi) is 2.54. The molecule has 3 heteroatoms. The molecule has 4 rings (SSSR count). The molecule has 3 aromatic heterocycles. The highest BCUT2D eigenvalue weighted by Crippen LogP contribution is 2.36. The van der Waals surface area contributed by atoms with Crippen molar-refractivity contribution in [1.29, 1.82) is 0 Å². The Morgan fingerprint density at radius 2 is 1.76 bits per heavy atom. The smallest absolute Gasteiger partial charge is 0.227 e. The van der Waals surface area contributed by atoms with E-state index < -0.39 is 0 Å². The second kappa shape index (κ2) is 4.42.